The molecule has 1 fully saturated rings. The molecule has 1 aromatic rings. The number of nitrogens with zero attached hydrogens (tertiary/aromatic N) is 1. The minimum absolute atomic E-state index is 0.839. The summed E-state index contributed by atoms with van der Waals surface area (Å²) in [6.45, 7) is 12.0. The normalized spacial score (nSPS) is 20.9. The molecular formula is C16H28N2O. The molecule has 1 atom stereocenters. The summed E-state index contributed by atoms with van der Waals surface area (Å²) in [6.07, 6.45) is 3.88. The second kappa shape index (κ2) is 7.11. The van der Waals surface area contributed by atoms with Crippen LogP contribution in [-0.2, 0) is 13.1 Å². The maximum atomic E-state index is 5.84. The second-order valence-electron chi connectivity index (χ2n) is 5.95. The van der Waals surface area contributed by atoms with Gasteiger partial charge in [0.2, 0.25) is 0 Å². The van der Waals surface area contributed by atoms with Gasteiger partial charge in [0.1, 0.15) is 11.5 Å². The standard InChI is InChI=1S/C16H28N2O/c1-4-7-17-10-16-9-15(14(3)19-16)12-18-8-5-6-13(2)11-18/h9,13,17H,4-8,10-12H2,1-3H3. The molecule has 0 aliphatic carbocycles. The zero-order chi connectivity index (χ0) is 13.7. The maximum Gasteiger partial charge on any atom is 0.118 e. The van der Waals surface area contributed by atoms with Crippen LogP contribution in [0.15, 0.2) is 10.5 Å². The Bertz CT molecular complexity index is 386. The lowest BCUT2D eigenvalue weighted by atomic mass is 10.00. The van der Waals surface area contributed by atoms with Crippen molar-refractivity contribution in [3.05, 3.63) is 23.2 Å². The fourth-order valence-electron chi connectivity index (χ4n) is 2.89. The van der Waals surface area contributed by atoms with E-state index in [9.17, 15) is 0 Å². The Morgan fingerprint density at radius 2 is 2.32 bits per heavy atom. The van der Waals surface area contributed by atoms with E-state index in [4.69, 9.17) is 4.42 Å². The van der Waals surface area contributed by atoms with E-state index < -0.39 is 0 Å². The molecule has 1 aliphatic rings. The monoisotopic (exact) mass is 264 g/mol. The van der Waals surface area contributed by atoms with Crippen LogP contribution in [0.2, 0.25) is 0 Å². The van der Waals surface area contributed by atoms with Crippen molar-refractivity contribution < 1.29 is 4.42 Å². The van der Waals surface area contributed by atoms with Crippen LogP contribution < -0.4 is 5.32 Å². The summed E-state index contributed by atoms with van der Waals surface area (Å²) in [7, 11) is 0. The Morgan fingerprint density at radius 3 is 3.05 bits per heavy atom. The van der Waals surface area contributed by atoms with Gasteiger partial charge >= 0.3 is 0 Å². The van der Waals surface area contributed by atoms with Gasteiger partial charge in [-0.1, -0.05) is 13.8 Å². The molecule has 3 heteroatoms. The second-order valence-corrected chi connectivity index (χ2v) is 5.95. The molecule has 0 saturated carbocycles. The quantitative estimate of drug-likeness (QED) is 0.799. The number of furan rings is 1. The first-order chi connectivity index (χ1) is 9.19. The van der Waals surface area contributed by atoms with Crippen molar-refractivity contribution in [1.29, 1.82) is 0 Å². The summed E-state index contributed by atoms with van der Waals surface area (Å²) in [6, 6.07) is 2.23. The third kappa shape index (κ3) is 4.36. The summed E-state index contributed by atoms with van der Waals surface area (Å²) in [5.74, 6) is 3.00. The van der Waals surface area contributed by atoms with Crippen molar-refractivity contribution in [1.82, 2.24) is 10.2 Å². The number of hydrogen-bond donors (Lipinski definition) is 1. The SMILES string of the molecule is CCCNCc1cc(CN2CCCC(C)C2)c(C)o1. The number of rotatable bonds is 6. The average Bonchev–Trinajstić information content (AvgIpc) is 2.70. The molecule has 1 aliphatic heterocycles. The van der Waals surface area contributed by atoms with Crippen LogP contribution in [0.5, 0.6) is 0 Å². The van der Waals surface area contributed by atoms with Crippen LogP contribution >= 0.6 is 0 Å². The number of nitrogens with one attached hydrogen (secondary N) is 1. The Hall–Kier alpha value is -0.800. The average molecular weight is 264 g/mol. The van der Waals surface area contributed by atoms with Crippen molar-refractivity contribution in [2.45, 2.75) is 53.1 Å². The first-order valence-electron chi connectivity index (χ1n) is 7.70. The van der Waals surface area contributed by atoms with Crippen LogP contribution in [0.3, 0.4) is 0 Å². The molecule has 19 heavy (non-hydrogen) atoms. The van der Waals surface area contributed by atoms with E-state index in [1.165, 1.54) is 31.5 Å². The maximum absolute atomic E-state index is 5.84. The van der Waals surface area contributed by atoms with E-state index in [2.05, 4.69) is 37.1 Å². The summed E-state index contributed by atoms with van der Waals surface area (Å²) >= 11 is 0. The molecule has 0 amide bonds. The van der Waals surface area contributed by atoms with Crippen LogP contribution in [-0.4, -0.2) is 24.5 Å². The first-order valence-corrected chi connectivity index (χ1v) is 7.70. The number of hydrogen-bond acceptors (Lipinski definition) is 3. The van der Waals surface area contributed by atoms with E-state index in [1.807, 2.05) is 0 Å². The third-order valence-electron chi connectivity index (χ3n) is 3.93. The molecule has 3 nitrogen and oxygen atoms in total. The largest absolute Gasteiger partial charge is 0.465 e. The van der Waals surface area contributed by atoms with Crippen molar-refractivity contribution in [3.63, 3.8) is 0 Å². The molecule has 1 aromatic heterocycles. The van der Waals surface area contributed by atoms with Gasteiger partial charge in [0, 0.05) is 18.7 Å². The zero-order valence-electron chi connectivity index (χ0n) is 12.7. The first kappa shape index (κ1) is 14.6. The van der Waals surface area contributed by atoms with Crippen molar-refractivity contribution >= 4 is 0 Å². The molecule has 0 bridgehead atoms. The lowest BCUT2D eigenvalue weighted by molar-refractivity contribution is 0.176. The summed E-state index contributed by atoms with van der Waals surface area (Å²) < 4.78 is 5.84. The van der Waals surface area contributed by atoms with Crippen LogP contribution in [0.4, 0.5) is 0 Å². The van der Waals surface area contributed by atoms with E-state index in [0.29, 0.717) is 0 Å². The highest BCUT2D eigenvalue weighted by atomic mass is 16.3. The minimum Gasteiger partial charge on any atom is -0.465 e. The van der Waals surface area contributed by atoms with Gasteiger partial charge in [0.15, 0.2) is 0 Å². The van der Waals surface area contributed by atoms with Gasteiger partial charge in [-0.3, -0.25) is 4.90 Å². The van der Waals surface area contributed by atoms with Gasteiger partial charge < -0.3 is 9.73 Å². The predicted molar refractivity (Wildman–Crippen MR) is 79.1 cm³/mol. The van der Waals surface area contributed by atoms with Gasteiger partial charge in [-0.15, -0.1) is 0 Å². The third-order valence-corrected chi connectivity index (χ3v) is 3.93. The van der Waals surface area contributed by atoms with Crippen LogP contribution in [0.25, 0.3) is 0 Å². The fourth-order valence-corrected chi connectivity index (χ4v) is 2.89. The lowest BCUT2D eigenvalue weighted by Gasteiger charge is -2.30. The van der Waals surface area contributed by atoms with E-state index in [-0.39, 0.29) is 0 Å². The zero-order valence-corrected chi connectivity index (χ0v) is 12.7. The molecule has 2 rings (SSSR count). The summed E-state index contributed by atoms with van der Waals surface area (Å²) in [5, 5.41) is 3.40. The van der Waals surface area contributed by atoms with Gasteiger partial charge in [0.05, 0.1) is 6.54 Å². The molecule has 0 spiro atoms. The Morgan fingerprint density at radius 1 is 1.47 bits per heavy atom. The highest BCUT2D eigenvalue weighted by Crippen LogP contribution is 2.21. The predicted octanol–water partition coefficient (Wildman–Crippen LogP) is 3.32. The minimum atomic E-state index is 0.839. The molecular weight excluding hydrogens is 236 g/mol. The van der Waals surface area contributed by atoms with Crippen molar-refractivity contribution in [2.75, 3.05) is 19.6 Å². The van der Waals surface area contributed by atoms with Gasteiger partial charge in [-0.25, -0.2) is 0 Å². The fraction of sp³-hybridized carbons (Fsp3) is 0.750. The Balaban J connectivity index is 1.89. The lowest BCUT2D eigenvalue weighted by Crippen LogP contribution is -2.33. The van der Waals surface area contributed by atoms with Gasteiger partial charge in [-0.05, 0) is 51.3 Å². The molecule has 1 saturated heterocycles. The van der Waals surface area contributed by atoms with Crippen molar-refractivity contribution in [2.24, 2.45) is 5.92 Å². The molecule has 1 N–H and O–H groups in total. The molecule has 2 heterocycles. The Kier molecular flexibility index (Phi) is 5.46. The number of aryl methyl sites for hydroxylation is 1. The summed E-state index contributed by atoms with van der Waals surface area (Å²) in [5.41, 5.74) is 1.36. The Labute approximate surface area is 117 Å². The smallest absolute Gasteiger partial charge is 0.118 e. The van der Waals surface area contributed by atoms with Crippen LogP contribution in [0.1, 0.15) is 50.2 Å². The van der Waals surface area contributed by atoms with E-state index in [0.717, 1.165) is 43.5 Å². The van der Waals surface area contributed by atoms with E-state index >= 15 is 0 Å². The van der Waals surface area contributed by atoms with Gasteiger partial charge in [-0.2, -0.15) is 0 Å². The summed E-state index contributed by atoms with van der Waals surface area (Å²) in [4.78, 5) is 2.56. The van der Waals surface area contributed by atoms with E-state index in [1.54, 1.807) is 0 Å². The number of piperidine rings is 1. The topological polar surface area (TPSA) is 28.4 Å². The van der Waals surface area contributed by atoms with Gasteiger partial charge in [0.25, 0.3) is 0 Å². The molecule has 0 aromatic carbocycles. The van der Waals surface area contributed by atoms with Crippen LogP contribution in [0, 0.1) is 12.8 Å². The van der Waals surface area contributed by atoms with Crippen molar-refractivity contribution in [3.8, 4) is 0 Å². The number of likely N-dealkylation sites (tertiary alicyclic amines) is 1. The molecule has 108 valence electrons. The molecule has 0 radical (unpaired) electrons. The highest BCUT2D eigenvalue weighted by molar-refractivity contribution is 5.20. The highest BCUT2D eigenvalue weighted by Gasteiger charge is 2.18. The molecule has 1 unspecified atom stereocenters.